The number of benzene rings is 2. The van der Waals surface area contributed by atoms with Crippen LogP contribution in [0.3, 0.4) is 0 Å². The fourth-order valence-electron chi connectivity index (χ4n) is 8.99. The maximum Gasteiger partial charge on any atom is 0.236 e. The molecule has 260 valence electrons. The van der Waals surface area contributed by atoms with Crippen molar-refractivity contribution < 1.29 is 28.8 Å². The molecule has 4 heterocycles. The van der Waals surface area contributed by atoms with Crippen molar-refractivity contribution in [3.05, 3.63) is 77.4 Å². The van der Waals surface area contributed by atoms with Crippen LogP contribution in [-0.4, -0.2) is 78.5 Å². The molecule has 4 aliphatic heterocycles. The quantitative estimate of drug-likeness (QED) is 0.263. The van der Waals surface area contributed by atoms with Crippen LogP contribution in [0, 0.1) is 25.2 Å². The summed E-state index contributed by atoms with van der Waals surface area (Å²) in [4.78, 5) is 17.7. The molecule has 2 bridgehead atoms. The van der Waals surface area contributed by atoms with Crippen LogP contribution in [0.15, 0.2) is 44.0 Å². The topological polar surface area (TPSA) is 143 Å². The zero-order valence-electron chi connectivity index (χ0n) is 29.1. The van der Waals surface area contributed by atoms with Gasteiger partial charge in [0.2, 0.25) is 5.91 Å². The first-order valence-corrected chi connectivity index (χ1v) is 16.8. The summed E-state index contributed by atoms with van der Waals surface area (Å²) in [7, 11) is 1.57. The highest BCUT2D eigenvalue weighted by atomic mass is 16.5. The molecule has 6 rings (SSSR count). The van der Waals surface area contributed by atoms with E-state index >= 15 is 0 Å². The first kappa shape index (κ1) is 34.4. The lowest BCUT2D eigenvalue weighted by Gasteiger charge is -2.56. The van der Waals surface area contributed by atoms with E-state index in [-0.39, 0.29) is 50.1 Å². The number of ether oxygens (including phenoxy) is 4. The molecule has 2 aromatic carbocycles. The van der Waals surface area contributed by atoms with Gasteiger partial charge in [-0.2, -0.15) is 5.26 Å². The summed E-state index contributed by atoms with van der Waals surface area (Å²) in [6.45, 7) is 20.5. The molecule has 4 N–H and O–H groups in total. The minimum Gasteiger partial charge on any atom is -0.504 e. The van der Waals surface area contributed by atoms with E-state index in [9.17, 15) is 15.2 Å². The zero-order valence-corrected chi connectivity index (χ0v) is 29.1. The fraction of sp³-hybridized carbons (Fsp3) is 0.474. The van der Waals surface area contributed by atoms with Crippen LogP contribution in [0.1, 0.15) is 65.7 Å². The standard InChI is InChI=1S/C38H47N5O6/c1-9-12-47-33-22(5)34(48-13-10-2)35(49-14-11-3)28-24(33)16-26-30-29-25(15-21(4)32(46-8)31(29)44)37(7)18-38(19-39,20-42(30)37)43(26)27(28)17-41-36(45)23(6)40/h9-11,15,23,26-27,30,44H,1-3,12-14,16-18,20,40H2,4-8H3,(H,41,45)/t23-,26?,27-,30-,37?,38+/m0/s1. The molecule has 0 aromatic heterocycles. The summed E-state index contributed by atoms with van der Waals surface area (Å²) in [5.41, 5.74) is 9.61. The van der Waals surface area contributed by atoms with E-state index in [0.29, 0.717) is 42.4 Å². The molecule has 6 atom stereocenters. The molecule has 2 unspecified atom stereocenters. The maximum atomic E-state index is 13.1. The number of hydrogen-bond acceptors (Lipinski definition) is 10. The Balaban J connectivity index is 1.67. The average Bonchev–Trinajstić information content (AvgIpc) is 3.48. The number of carbonyl (C=O) groups is 1. The number of fused-ring (bicyclic) bond motifs is 8. The third-order valence-corrected chi connectivity index (χ3v) is 10.8. The molecule has 49 heavy (non-hydrogen) atoms. The summed E-state index contributed by atoms with van der Waals surface area (Å²) >= 11 is 0. The average molecular weight is 670 g/mol. The van der Waals surface area contributed by atoms with Crippen molar-refractivity contribution in [3.63, 3.8) is 0 Å². The van der Waals surface area contributed by atoms with Gasteiger partial charge in [-0.1, -0.05) is 38.0 Å². The van der Waals surface area contributed by atoms with E-state index in [1.54, 1.807) is 32.3 Å². The van der Waals surface area contributed by atoms with Crippen molar-refractivity contribution in [3.8, 4) is 34.8 Å². The van der Waals surface area contributed by atoms with E-state index in [1.165, 1.54) is 0 Å². The third kappa shape index (κ3) is 4.99. The first-order valence-electron chi connectivity index (χ1n) is 16.8. The van der Waals surface area contributed by atoms with Gasteiger partial charge in [0.25, 0.3) is 0 Å². The number of nitriles is 1. The summed E-state index contributed by atoms with van der Waals surface area (Å²) in [5.74, 6) is 1.88. The summed E-state index contributed by atoms with van der Waals surface area (Å²) in [6.07, 6.45) is 5.97. The largest absolute Gasteiger partial charge is 0.504 e. The van der Waals surface area contributed by atoms with Crippen molar-refractivity contribution in [2.45, 2.75) is 75.8 Å². The molecule has 0 aliphatic carbocycles. The SMILES string of the molecule is C=CCOc1c(C)c(OCC=C)c(OCC=C)c2c1CC1[C@H]3c4c(cc(C)c(OC)c4O)C4(C)C[C@@](C#N)(CN34)N1[C@H]2CNC(=O)[C@H](C)N. The number of phenolic OH excluding ortho intramolecular Hbond substituents is 1. The number of piperazine rings is 1. The van der Waals surface area contributed by atoms with Crippen LogP contribution < -0.4 is 30.0 Å². The lowest BCUT2D eigenvalue weighted by molar-refractivity contribution is -0.122. The second-order valence-corrected chi connectivity index (χ2v) is 13.7. The second kappa shape index (κ2) is 12.8. The number of hydrogen-bond donors (Lipinski definition) is 3. The third-order valence-electron chi connectivity index (χ3n) is 10.8. The Morgan fingerprint density at radius 2 is 1.76 bits per heavy atom. The first-order chi connectivity index (χ1) is 23.4. The molecule has 4 aliphatic rings. The van der Waals surface area contributed by atoms with Crippen molar-refractivity contribution in [2.24, 2.45) is 5.73 Å². The van der Waals surface area contributed by atoms with E-state index < -0.39 is 23.2 Å². The molecule has 2 saturated heterocycles. The summed E-state index contributed by atoms with van der Waals surface area (Å²) in [5, 5.41) is 26.1. The van der Waals surface area contributed by atoms with Gasteiger partial charge in [0.15, 0.2) is 23.0 Å². The Hall–Kier alpha value is -4.50. The van der Waals surface area contributed by atoms with Crippen molar-refractivity contribution in [1.29, 1.82) is 5.26 Å². The van der Waals surface area contributed by atoms with Gasteiger partial charge in [-0.05, 0) is 51.3 Å². The smallest absolute Gasteiger partial charge is 0.236 e. The predicted octanol–water partition coefficient (Wildman–Crippen LogP) is 4.40. The Morgan fingerprint density at radius 1 is 1.12 bits per heavy atom. The number of aromatic hydroxyl groups is 1. The highest BCUT2D eigenvalue weighted by molar-refractivity contribution is 5.81. The van der Waals surface area contributed by atoms with Gasteiger partial charge >= 0.3 is 0 Å². The van der Waals surface area contributed by atoms with Gasteiger partial charge in [0.1, 0.15) is 31.1 Å². The van der Waals surface area contributed by atoms with E-state index in [2.05, 4.69) is 53.9 Å². The molecule has 11 nitrogen and oxygen atoms in total. The Labute approximate surface area is 288 Å². The number of phenols is 1. The minimum atomic E-state index is -0.941. The Morgan fingerprint density at radius 3 is 2.35 bits per heavy atom. The molecule has 11 heteroatoms. The normalized spacial score (nSPS) is 26.8. The molecular formula is C38H47N5O6. The van der Waals surface area contributed by atoms with E-state index in [4.69, 9.17) is 24.7 Å². The Kier molecular flexibility index (Phi) is 8.94. The lowest BCUT2D eigenvalue weighted by atomic mass is 9.72. The highest BCUT2D eigenvalue weighted by Crippen LogP contribution is 2.67. The van der Waals surface area contributed by atoms with Gasteiger partial charge in [0, 0.05) is 53.3 Å². The highest BCUT2D eigenvalue weighted by Gasteiger charge is 2.70. The van der Waals surface area contributed by atoms with E-state index in [0.717, 1.165) is 33.4 Å². The number of amides is 1. The number of methoxy groups -OCH3 is 1. The second-order valence-electron chi connectivity index (χ2n) is 13.7. The predicted molar refractivity (Wildman–Crippen MR) is 186 cm³/mol. The summed E-state index contributed by atoms with van der Waals surface area (Å²) < 4.78 is 24.9. The van der Waals surface area contributed by atoms with Crippen LogP contribution in [-0.2, 0) is 16.8 Å². The van der Waals surface area contributed by atoms with Crippen LogP contribution in [0.4, 0.5) is 0 Å². The van der Waals surface area contributed by atoms with Gasteiger partial charge in [-0.25, -0.2) is 0 Å². The van der Waals surface area contributed by atoms with Gasteiger partial charge < -0.3 is 35.1 Å². The van der Waals surface area contributed by atoms with Gasteiger partial charge in [-0.15, -0.1) is 0 Å². The zero-order chi connectivity index (χ0) is 35.4. The van der Waals surface area contributed by atoms with Crippen LogP contribution in [0.5, 0.6) is 28.7 Å². The number of nitrogens with zero attached hydrogens (tertiary/aromatic N) is 3. The Bertz CT molecular complexity index is 1770. The number of rotatable bonds is 13. The van der Waals surface area contributed by atoms with Gasteiger partial charge in [0.05, 0.1) is 31.3 Å². The number of carbonyl (C=O) groups excluding carboxylic acids is 1. The van der Waals surface area contributed by atoms with E-state index in [1.807, 2.05) is 13.8 Å². The van der Waals surface area contributed by atoms with Crippen LogP contribution >= 0.6 is 0 Å². The molecule has 0 saturated carbocycles. The number of nitrogens with one attached hydrogen (secondary N) is 1. The molecule has 0 spiro atoms. The van der Waals surface area contributed by atoms with Crippen LogP contribution in [0.25, 0.3) is 0 Å². The van der Waals surface area contributed by atoms with Gasteiger partial charge in [-0.3, -0.25) is 14.6 Å². The van der Waals surface area contributed by atoms with Crippen LogP contribution in [0.2, 0.25) is 0 Å². The monoisotopic (exact) mass is 669 g/mol. The lowest BCUT2D eigenvalue weighted by Crippen LogP contribution is -2.66. The number of aryl methyl sites for hydroxylation is 1. The summed E-state index contributed by atoms with van der Waals surface area (Å²) in [6, 6.07) is 2.96. The van der Waals surface area contributed by atoms with Crippen molar-refractivity contribution in [1.82, 2.24) is 15.1 Å². The number of nitrogens with two attached hydrogens (primary N) is 1. The maximum absolute atomic E-state index is 13.1. The molecular weight excluding hydrogens is 622 g/mol. The fourth-order valence-corrected chi connectivity index (χ4v) is 8.99. The molecule has 2 aromatic rings. The minimum absolute atomic E-state index is 0.123. The molecule has 0 radical (unpaired) electrons. The van der Waals surface area contributed by atoms with Crippen molar-refractivity contribution >= 4 is 5.91 Å². The van der Waals surface area contributed by atoms with Crippen molar-refractivity contribution in [2.75, 3.05) is 40.0 Å². The molecule has 2 fully saturated rings. The molecule has 1 amide bonds.